The number of hydrogen-bond acceptors (Lipinski definition) is 2. The van der Waals surface area contributed by atoms with E-state index in [0.29, 0.717) is 5.92 Å². The van der Waals surface area contributed by atoms with Crippen LogP contribution in [-0.2, 0) is 0 Å². The number of rotatable bonds is 2. The second-order valence-electron chi connectivity index (χ2n) is 4.65. The Hall–Kier alpha value is -0.350. The van der Waals surface area contributed by atoms with Crippen LogP contribution in [0.2, 0.25) is 0 Å². The Morgan fingerprint density at radius 1 is 1.20 bits per heavy atom. The largest absolute Gasteiger partial charge is 0.316 e. The summed E-state index contributed by atoms with van der Waals surface area (Å²) in [4.78, 5) is 0. The first-order valence-corrected chi connectivity index (χ1v) is 6.60. The molecule has 0 aromatic carbocycles. The predicted octanol–water partition coefficient (Wildman–Crippen LogP) is 2.52. The zero-order valence-corrected chi connectivity index (χ0v) is 10.3. The first-order valence-electron chi connectivity index (χ1n) is 5.80. The lowest BCUT2D eigenvalue weighted by atomic mass is 9.96. The van der Waals surface area contributed by atoms with E-state index < -0.39 is 0 Å². The number of hydrogen-bond donors (Lipinski definition) is 2. The molecule has 3 rings (SSSR count). The molecule has 1 unspecified atom stereocenters. The number of nitrogens with zero attached hydrogens (tertiary/aromatic N) is 1. The van der Waals surface area contributed by atoms with Crippen molar-refractivity contribution in [2.24, 2.45) is 0 Å². The predicted molar refractivity (Wildman–Crippen MR) is 63.1 cm³/mol. The van der Waals surface area contributed by atoms with Crippen LogP contribution in [0.3, 0.4) is 0 Å². The second kappa shape index (κ2) is 3.91. The number of aromatic amines is 1. The molecular formula is C11H16BrN3. The molecule has 1 saturated heterocycles. The summed E-state index contributed by atoms with van der Waals surface area (Å²) >= 11 is 3.71. The second-order valence-corrected chi connectivity index (χ2v) is 5.45. The Balaban J connectivity index is 1.83. The maximum absolute atomic E-state index is 4.49. The van der Waals surface area contributed by atoms with E-state index in [4.69, 9.17) is 0 Å². The average Bonchev–Trinajstić information content (AvgIpc) is 3.04. The van der Waals surface area contributed by atoms with Crippen LogP contribution >= 0.6 is 15.9 Å². The van der Waals surface area contributed by atoms with Crippen molar-refractivity contribution in [2.45, 2.75) is 37.5 Å². The summed E-state index contributed by atoms with van der Waals surface area (Å²) in [6.45, 7) is 2.24. The lowest BCUT2D eigenvalue weighted by molar-refractivity contribution is 0.453. The molecule has 2 aliphatic rings. The van der Waals surface area contributed by atoms with Gasteiger partial charge in [-0.15, -0.1) is 0 Å². The summed E-state index contributed by atoms with van der Waals surface area (Å²) in [5.74, 6) is 1.34. The highest BCUT2D eigenvalue weighted by Crippen LogP contribution is 2.44. The van der Waals surface area contributed by atoms with Crippen LogP contribution in [0.4, 0.5) is 0 Å². The first kappa shape index (κ1) is 9.85. The summed E-state index contributed by atoms with van der Waals surface area (Å²) in [7, 11) is 0. The van der Waals surface area contributed by atoms with E-state index in [2.05, 4.69) is 31.4 Å². The third kappa shape index (κ3) is 1.85. The first-order chi connectivity index (χ1) is 7.36. The van der Waals surface area contributed by atoms with Crippen molar-refractivity contribution >= 4 is 15.9 Å². The fourth-order valence-electron chi connectivity index (χ4n) is 2.35. The van der Waals surface area contributed by atoms with Crippen molar-refractivity contribution in [1.82, 2.24) is 15.5 Å². The Morgan fingerprint density at radius 2 is 2.07 bits per heavy atom. The number of halogens is 1. The number of H-pyrrole nitrogens is 1. The van der Waals surface area contributed by atoms with Crippen LogP contribution in [0.5, 0.6) is 0 Å². The molecule has 1 aromatic heterocycles. The van der Waals surface area contributed by atoms with Crippen LogP contribution in [0.15, 0.2) is 4.47 Å². The van der Waals surface area contributed by atoms with E-state index in [1.807, 2.05) is 0 Å². The Kier molecular flexibility index (Phi) is 2.56. The molecule has 4 heteroatoms. The molecule has 1 aromatic rings. The quantitative estimate of drug-likeness (QED) is 0.867. The van der Waals surface area contributed by atoms with E-state index in [-0.39, 0.29) is 0 Å². The Labute approximate surface area is 98.2 Å². The van der Waals surface area contributed by atoms with Crippen LogP contribution in [0, 0.1) is 0 Å². The van der Waals surface area contributed by atoms with Crippen molar-refractivity contribution < 1.29 is 0 Å². The molecule has 2 heterocycles. The smallest absolute Gasteiger partial charge is 0.0810 e. The van der Waals surface area contributed by atoms with Crippen molar-refractivity contribution in [2.75, 3.05) is 13.1 Å². The van der Waals surface area contributed by atoms with Crippen molar-refractivity contribution in [3.63, 3.8) is 0 Å². The van der Waals surface area contributed by atoms with Gasteiger partial charge in [0.05, 0.1) is 15.9 Å². The molecule has 0 bridgehead atoms. The molecule has 2 fully saturated rings. The van der Waals surface area contributed by atoms with Gasteiger partial charge in [0.2, 0.25) is 0 Å². The van der Waals surface area contributed by atoms with Gasteiger partial charge in [-0.25, -0.2) is 0 Å². The highest BCUT2D eigenvalue weighted by atomic mass is 79.9. The number of aromatic nitrogens is 2. The number of piperidine rings is 1. The average molecular weight is 270 g/mol. The topological polar surface area (TPSA) is 40.7 Å². The maximum Gasteiger partial charge on any atom is 0.0810 e. The maximum atomic E-state index is 4.49. The van der Waals surface area contributed by atoms with Gasteiger partial charge >= 0.3 is 0 Å². The van der Waals surface area contributed by atoms with E-state index in [9.17, 15) is 0 Å². The number of nitrogens with one attached hydrogen (secondary N) is 2. The van der Waals surface area contributed by atoms with Gasteiger partial charge in [0.1, 0.15) is 0 Å². The van der Waals surface area contributed by atoms with Gasteiger partial charge in [0, 0.05) is 18.4 Å². The van der Waals surface area contributed by atoms with Gasteiger partial charge in [0.15, 0.2) is 0 Å². The minimum absolute atomic E-state index is 0.594. The van der Waals surface area contributed by atoms with Gasteiger partial charge in [0.25, 0.3) is 0 Å². The monoisotopic (exact) mass is 269 g/mol. The molecule has 1 atom stereocenters. The molecule has 0 amide bonds. The lowest BCUT2D eigenvalue weighted by Gasteiger charge is -2.21. The highest BCUT2D eigenvalue weighted by Gasteiger charge is 2.30. The molecule has 82 valence electrons. The zero-order chi connectivity index (χ0) is 10.3. The van der Waals surface area contributed by atoms with Crippen LogP contribution in [0.1, 0.15) is 48.9 Å². The molecule has 1 saturated carbocycles. The third-order valence-electron chi connectivity index (χ3n) is 3.43. The van der Waals surface area contributed by atoms with Crippen LogP contribution < -0.4 is 5.32 Å². The van der Waals surface area contributed by atoms with Gasteiger partial charge in [-0.05, 0) is 48.2 Å². The van der Waals surface area contributed by atoms with Gasteiger partial charge in [-0.2, -0.15) is 5.10 Å². The van der Waals surface area contributed by atoms with Crippen molar-refractivity contribution in [1.29, 1.82) is 0 Å². The fourth-order valence-corrected chi connectivity index (χ4v) is 3.18. The van der Waals surface area contributed by atoms with Crippen molar-refractivity contribution in [3.05, 3.63) is 15.9 Å². The summed E-state index contributed by atoms with van der Waals surface area (Å²) in [6.07, 6.45) is 5.18. The summed E-state index contributed by atoms with van der Waals surface area (Å²) < 4.78 is 1.25. The Bertz CT molecular complexity index is 351. The molecule has 0 radical (unpaired) electrons. The standard InChI is InChI=1S/C11H16BrN3/c12-9-10(7-3-4-7)14-15-11(9)8-2-1-5-13-6-8/h7-8,13H,1-6H2,(H,14,15). The van der Waals surface area contributed by atoms with E-state index in [1.54, 1.807) is 0 Å². The van der Waals surface area contributed by atoms with Gasteiger partial charge < -0.3 is 5.32 Å². The molecular weight excluding hydrogens is 254 g/mol. The fraction of sp³-hybridized carbons (Fsp3) is 0.727. The van der Waals surface area contributed by atoms with Crippen molar-refractivity contribution in [3.8, 4) is 0 Å². The SMILES string of the molecule is Brc1c(C2CCCNC2)n[nH]c1C1CC1. The summed E-state index contributed by atoms with van der Waals surface area (Å²) in [6, 6.07) is 0. The van der Waals surface area contributed by atoms with E-state index >= 15 is 0 Å². The summed E-state index contributed by atoms with van der Waals surface area (Å²) in [5.41, 5.74) is 2.57. The van der Waals surface area contributed by atoms with Crippen LogP contribution in [0.25, 0.3) is 0 Å². The van der Waals surface area contributed by atoms with E-state index in [1.165, 1.54) is 41.5 Å². The lowest BCUT2D eigenvalue weighted by Crippen LogP contribution is -2.28. The Morgan fingerprint density at radius 3 is 2.73 bits per heavy atom. The molecule has 1 aliphatic heterocycles. The van der Waals surface area contributed by atoms with Gasteiger partial charge in [-0.3, -0.25) is 5.10 Å². The minimum Gasteiger partial charge on any atom is -0.316 e. The molecule has 1 aliphatic carbocycles. The van der Waals surface area contributed by atoms with Gasteiger partial charge in [-0.1, -0.05) is 0 Å². The van der Waals surface area contributed by atoms with Crippen LogP contribution in [-0.4, -0.2) is 23.3 Å². The minimum atomic E-state index is 0.594. The highest BCUT2D eigenvalue weighted by molar-refractivity contribution is 9.10. The molecule has 3 nitrogen and oxygen atoms in total. The molecule has 2 N–H and O–H groups in total. The zero-order valence-electron chi connectivity index (χ0n) is 8.72. The normalized spacial score (nSPS) is 26.9. The molecule has 0 spiro atoms. The summed E-state index contributed by atoms with van der Waals surface area (Å²) in [5, 5.41) is 11.1. The van der Waals surface area contributed by atoms with E-state index in [0.717, 1.165) is 19.0 Å². The molecule has 15 heavy (non-hydrogen) atoms. The third-order valence-corrected chi connectivity index (χ3v) is 4.26.